The molecule has 0 aliphatic carbocycles. The van der Waals surface area contributed by atoms with Gasteiger partial charge >= 0.3 is 6.03 Å². The summed E-state index contributed by atoms with van der Waals surface area (Å²) >= 11 is 0. The Morgan fingerprint density at radius 2 is 2.11 bits per heavy atom. The van der Waals surface area contributed by atoms with Gasteiger partial charge in [0.15, 0.2) is 0 Å². The standard InChI is InChI=1S/C21H17FN4O/c22-16-5-6-19(15(11-16)12-23)25-21(27)26-9-7-14(8-10-26)18-13-24-20-4-2-1-3-17(18)20/h1-7,11,13,24H,8-10H2,(H,25,27). The Balaban J connectivity index is 1.49. The molecule has 0 saturated heterocycles. The number of rotatable bonds is 2. The summed E-state index contributed by atoms with van der Waals surface area (Å²) in [7, 11) is 0. The number of nitrogens with zero attached hydrogens (tertiary/aromatic N) is 2. The van der Waals surface area contributed by atoms with Crippen molar-refractivity contribution < 1.29 is 9.18 Å². The van der Waals surface area contributed by atoms with Gasteiger partial charge in [0.1, 0.15) is 11.9 Å². The number of aromatic nitrogens is 1. The Morgan fingerprint density at radius 1 is 1.26 bits per heavy atom. The zero-order valence-corrected chi connectivity index (χ0v) is 14.5. The number of para-hydroxylation sites is 1. The zero-order chi connectivity index (χ0) is 18.8. The van der Waals surface area contributed by atoms with Crippen LogP contribution in [0.2, 0.25) is 0 Å². The summed E-state index contributed by atoms with van der Waals surface area (Å²) < 4.78 is 13.2. The number of nitrogens with one attached hydrogen (secondary N) is 2. The highest BCUT2D eigenvalue weighted by Gasteiger charge is 2.20. The van der Waals surface area contributed by atoms with Crippen molar-refractivity contribution in [3.05, 3.63) is 71.7 Å². The molecule has 0 fully saturated rings. The van der Waals surface area contributed by atoms with Crippen LogP contribution in [0.15, 0.2) is 54.7 Å². The number of hydrogen-bond acceptors (Lipinski definition) is 2. The fourth-order valence-corrected chi connectivity index (χ4v) is 3.35. The number of benzene rings is 2. The molecule has 1 aromatic heterocycles. The first-order chi connectivity index (χ1) is 13.2. The van der Waals surface area contributed by atoms with E-state index in [9.17, 15) is 9.18 Å². The molecule has 0 unspecified atom stereocenters. The van der Waals surface area contributed by atoms with Crippen LogP contribution in [-0.4, -0.2) is 29.0 Å². The molecule has 0 bridgehead atoms. The summed E-state index contributed by atoms with van der Waals surface area (Å²) in [5.41, 5.74) is 3.88. The fourth-order valence-electron chi connectivity index (χ4n) is 3.35. The second-order valence-electron chi connectivity index (χ2n) is 6.41. The van der Waals surface area contributed by atoms with Gasteiger partial charge in [-0.3, -0.25) is 0 Å². The number of halogens is 1. The quantitative estimate of drug-likeness (QED) is 0.706. The first kappa shape index (κ1) is 16.9. The minimum Gasteiger partial charge on any atom is -0.361 e. The van der Waals surface area contributed by atoms with Crippen LogP contribution >= 0.6 is 0 Å². The van der Waals surface area contributed by atoms with Crippen molar-refractivity contribution in [3.8, 4) is 6.07 Å². The largest absolute Gasteiger partial charge is 0.361 e. The van der Waals surface area contributed by atoms with Crippen LogP contribution in [0.25, 0.3) is 16.5 Å². The van der Waals surface area contributed by atoms with Gasteiger partial charge in [-0.1, -0.05) is 24.3 Å². The Bertz CT molecular complexity index is 1090. The van der Waals surface area contributed by atoms with Crippen LogP contribution in [-0.2, 0) is 0 Å². The van der Waals surface area contributed by atoms with Crippen LogP contribution in [0.1, 0.15) is 17.5 Å². The van der Waals surface area contributed by atoms with Gasteiger partial charge in [0, 0.05) is 35.8 Å². The van der Waals surface area contributed by atoms with Crippen molar-refractivity contribution in [2.24, 2.45) is 0 Å². The van der Waals surface area contributed by atoms with E-state index in [2.05, 4.69) is 22.4 Å². The summed E-state index contributed by atoms with van der Waals surface area (Å²) in [6, 6.07) is 13.5. The van der Waals surface area contributed by atoms with Crippen LogP contribution in [0.3, 0.4) is 0 Å². The number of anilines is 1. The Morgan fingerprint density at radius 3 is 2.89 bits per heavy atom. The third-order valence-electron chi connectivity index (χ3n) is 4.78. The average Bonchev–Trinajstić information content (AvgIpc) is 3.13. The van der Waals surface area contributed by atoms with Gasteiger partial charge in [0.05, 0.1) is 11.3 Å². The first-order valence-electron chi connectivity index (χ1n) is 8.67. The minimum absolute atomic E-state index is 0.107. The van der Waals surface area contributed by atoms with Crippen LogP contribution < -0.4 is 5.32 Å². The first-order valence-corrected chi connectivity index (χ1v) is 8.67. The maximum Gasteiger partial charge on any atom is 0.322 e. The van der Waals surface area contributed by atoms with Crippen molar-refractivity contribution in [1.29, 1.82) is 5.26 Å². The van der Waals surface area contributed by atoms with Crippen molar-refractivity contribution in [2.45, 2.75) is 6.42 Å². The number of nitriles is 1. The average molecular weight is 360 g/mol. The van der Waals surface area contributed by atoms with E-state index in [1.54, 1.807) is 4.90 Å². The maximum atomic E-state index is 13.2. The summed E-state index contributed by atoms with van der Waals surface area (Å²) in [6.07, 6.45) is 4.79. The molecule has 0 saturated carbocycles. The van der Waals surface area contributed by atoms with E-state index >= 15 is 0 Å². The number of aromatic amines is 1. The Kier molecular flexibility index (Phi) is 4.35. The highest BCUT2D eigenvalue weighted by Crippen LogP contribution is 2.29. The van der Waals surface area contributed by atoms with Gasteiger partial charge in [-0.2, -0.15) is 5.26 Å². The van der Waals surface area contributed by atoms with Gasteiger partial charge in [0.25, 0.3) is 0 Å². The van der Waals surface area contributed by atoms with Gasteiger partial charge in [-0.15, -0.1) is 0 Å². The van der Waals surface area contributed by atoms with E-state index in [4.69, 9.17) is 5.26 Å². The molecular weight excluding hydrogens is 343 g/mol. The van der Waals surface area contributed by atoms with E-state index in [1.807, 2.05) is 30.5 Å². The second kappa shape index (κ2) is 6.96. The molecule has 2 aromatic carbocycles. The van der Waals surface area contributed by atoms with E-state index in [0.29, 0.717) is 18.8 Å². The van der Waals surface area contributed by atoms with Crippen LogP contribution in [0.4, 0.5) is 14.9 Å². The molecule has 2 heterocycles. The zero-order valence-electron chi connectivity index (χ0n) is 14.5. The van der Waals surface area contributed by atoms with E-state index in [-0.39, 0.29) is 11.6 Å². The van der Waals surface area contributed by atoms with Gasteiger partial charge < -0.3 is 15.2 Å². The molecular formula is C21H17FN4O. The lowest BCUT2D eigenvalue weighted by Gasteiger charge is -2.27. The number of amides is 2. The second-order valence-corrected chi connectivity index (χ2v) is 6.41. The van der Waals surface area contributed by atoms with Gasteiger partial charge in [0.2, 0.25) is 0 Å². The summed E-state index contributed by atoms with van der Waals surface area (Å²) in [5, 5.41) is 13.0. The fraction of sp³-hybridized carbons (Fsp3) is 0.143. The number of urea groups is 1. The molecule has 27 heavy (non-hydrogen) atoms. The molecule has 3 aromatic rings. The monoisotopic (exact) mass is 360 g/mol. The predicted molar refractivity (Wildman–Crippen MR) is 103 cm³/mol. The van der Waals surface area contributed by atoms with Crippen molar-refractivity contribution >= 4 is 28.2 Å². The van der Waals surface area contributed by atoms with Crippen molar-refractivity contribution in [1.82, 2.24) is 9.88 Å². The molecule has 6 heteroatoms. The third kappa shape index (κ3) is 3.27. The third-order valence-corrected chi connectivity index (χ3v) is 4.78. The molecule has 0 atom stereocenters. The molecule has 1 aliphatic heterocycles. The summed E-state index contributed by atoms with van der Waals surface area (Å²) in [4.78, 5) is 17.4. The topological polar surface area (TPSA) is 71.9 Å². The lowest BCUT2D eigenvalue weighted by Crippen LogP contribution is -2.38. The molecule has 5 nitrogen and oxygen atoms in total. The Hall–Kier alpha value is -3.59. The van der Waals surface area contributed by atoms with E-state index in [0.717, 1.165) is 23.6 Å². The highest BCUT2D eigenvalue weighted by molar-refractivity contribution is 5.94. The molecule has 2 amide bonds. The molecule has 134 valence electrons. The molecule has 0 spiro atoms. The van der Waals surface area contributed by atoms with Crippen LogP contribution in [0.5, 0.6) is 0 Å². The van der Waals surface area contributed by atoms with Crippen molar-refractivity contribution in [2.75, 3.05) is 18.4 Å². The number of fused-ring (bicyclic) bond motifs is 1. The van der Waals surface area contributed by atoms with E-state index < -0.39 is 5.82 Å². The summed E-state index contributed by atoms with van der Waals surface area (Å²) in [6.45, 7) is 1.05. The lowest BCUT2D eigenvalue weighted by atomic mass is 9.99. The normalized spacial score (nSPS) is 13.9. The Labute approximate surface area is 155 Å². The summed E-state index contributed by atoms with van der Waals surface area (Å²) in [5.74, 6) is -0.506. The lowest BCUT2D eigenvalue weighted by molar-refractivity contribution is 0.217. The molecule has 0 radical (unpaired) electrons. The number of H-pyrrole nitrogens is 1. The van der Waals surface area contributed by atoms with Gasteiger partial charge in [-0.05, 0) is 36.3 Å². The number of carbonyl (C=O) groups excluding carboxylic acids is 1. The predicted octanol–water partition coefficient (Wildman–Crippen LogP) is 4.50. The van der Waals surface area contributed by atoms with Crippen LogP contribution in [0, 0.1) is 17.1 Å². The maximum absolute atomic E-state index is 13.2. The number of carbonyl (C=O) groups is 1. The molecule has 4 rings (SSSR count). The number of hydrogen-bond donors (Lipinski definition) is 2. The molecule has 1 aliphatic rings. The van der Waals surface area contributed by atoms with Gasteiger partial charge in [-0.25, -0.2) is 9.18 Å². The molecule has 2 N–H and O–H groups in total. The van der Waals surface area contributed by atoms with E-state index in [1.165, 1.54) is 23.1 Å². The minimum atomic E-state index is -0.506. The highest BCUT2D eigenvalue weighted by atomic mass is 19.1. The van der Waals surface area contributed by atoms with Crippen molar-refractivity contribution in [3.63, 3.8) is 0 Å². The SMILES string of the molecule is N#Cc1cc(F)ccc1NC(=O)N1CC=C(c2c[nH]c3ccccc23)CC1. The smallest absolute Gasteiger partial charge is 0.322 e.